The van der Waals surface area contributed by atoms with Gasteiger partial charge in [-0.25, -0.2) is 0 Å². The predicted octanol–water partition coefficient (Wildman–Crippen LogP) is 3.63. The molecule has 2 N–H and O–H groups in total. The number of nitrogens with one attached hydrogen (secondary N) is 2. The lowest BCUT2D eigenvalue weighted by Gasteiger charge is -2.34. The molecule has 0 unspecified atom stereocenters. The van der Waals surface area contributed by atoms with E-state index in [1.807, 2.05) is 6.07 Å². The molecule has 0 radical (unpaired) electrons. The van der Waals surface area contributed by atoms with Gasteiger partial charge in [-0.05, 0) is 31.2 Å². The van der Waals surface area contributed by atoms with E-state index in [4.69, 9.17) is 0 Å². The highest BCUT2D eigenvalue weighted by molar-refractivity contribution is 5.63. The van der Waals surface area contributed by atoms with Crippen molar-refractivity contribution in [3.05, 3.63) is 28.3 Å². The summed E-state index contributed by atoms with van der Waals surface area (Å²) >= 11 is 0. The minimum Gasteiger partial charge on any atom is -0.385 e. The molecule has 1 aromatic rings. The van der Waals surface area contributed by atoms with Gasteiger partial charge in [0.2, 0.25) is 0 Å². The van der Waals surface area contributed by atoms with Crippen LogP contribution in [-0.2, 0) is 0 Å². The molecule has 0 heterocycles. The summed E-state index contributed by atoms with van der Waals surface area (Å²) in [4.78, 5) is 10.6. The van der Waals surface area contributed by atoms with Crippen LogP contribution in [0.1, 0.15) is 33.1 Å². The zero-order chi connectivity index (χ0) is 13.8. The fourth-order valence-corrected chi connectivity index (χ4v) is 2.43. The van der Waals surface area contributed by atoms with Crippen molar-refractivity contribution in [1.29, 1.82) is 0 Å². The molecule has 1 fully saturated rings. The van der Waals surface area contributed by atoms with Crippen LogP contribution in [0.15, 0.2) is 18.2 Å². The molecule has 2 rings (SSSR count). The molecule has 0 aromatic heterocycles. The van der Waals surface area contributed by atoms with Gasteiger partial charge < -0.3 is 10.6 Å². The Morgan fingerprint density at radius 2 is 2.00 bits per heavy atom. The van der Waals surface area contributed by atoms with Crippen LogP contribution in [-0.4, -0.2) is 17.5 Å². The van der Waals surface area contributed by atoms with Crippen LogP contribution in [0.5, 0.6) is 0 Å². The average Bonchev–Trinajstić information content (AvgIpc) is 2.34. The van der Waals surface area contributed by atoms with Crippen molar-refractivity contribution < 1.29 is 4.92 Å². The Bertz CT molecular complexity index is 456. The number of non-ortho nitro benzene ring substituents is 1. The lowest BCUT2D eigenvalue weighted by molar-refractivity contribution is -0.384. The summed E-state index contributed by atoms with van der Waals surface area (Å²) in [6.45, 7) is 5.11. The molecule has 0 saturated heterocycles. The highest BCUT2D eigenvalue weighted by Crippen LogP contribution is 2.31. The number of hydrogen-bond acceptors (Lipinski definition) is 4. The maximum Gasteiger partial charge on any atom is 0.273 e. The number of benzene rings is 1. The second-order valence-electron chi connectivity index (χ2n) is 5.37. The van der Waals surface area contributed by atoms with Crippen molar-refractivity contribution in [2.75, 3.05) is 17.2 Å². The Morgan fingerprint density at radius 3 is 2.58 bits per heavy atom. The number of rotatable bonds is 6. The van der Waals surface area contributed by atoms with E-state index in [9.17, 15) is 10.1 Å². The Kier molecular flexibility index (Phi) is 4.24. The minimum atomic E-state index is -0.342. The summed E-state index contributed by atoms with van der Waals surface area (Å²) < 4.78 is 0. The molecule has 5 heteroatoms. The third kappa shape index (κ3) is 3.59. The van der Waals surface area contributed by atoms with Crippen molar-refractivity contribution in [1.82, 2.24) is 0 Å². The number of hydrogen-bond donors (Lipinski definition) is 2. The molecule has 5 nitrogen and oxygen atoms in total. The summed E-state index contributed by atoms with van der Waals surface area (Å²) in [5.41, 5.74) is 1.78. The van der Waals surface area contributed by atoms with Crippen LogP contribution >= 0.6 is 0 Å². The first kappa shape index (κ1) is 13.6. The van der Waals surface area contributed by atoms with E-state index in [0.717, 1.165) is 43.1 Å². The monoisotopic (exact) mass is 263 g/mol. The zero-order valence-electron chi connectivity index (χ0n) is 11.5. The van der Waals surface area contributed by atoms with Crippen molar-refractivity contribution in [2.24, 2.45) is 5.92 Å². The molecule has 0 spiro atoms. The topological polar surface area (TPSA) is 67.2 Å². The largest absolute Gasteiger partial charge is 0.385 e. The van der Waals surface area contributed by atoms with Gasteiger partial charge in [0.15, 0.2) is 0 Å². The lowest BCUT2D eigenvalue weighted by Crippen LogP contribution is -2.33. The standard InChI is InChI=1S/C14H21N3O2/c1-3-4-15-11-7-13(9-14(8-11)17(18)19)16-12-5-10(2)6-12/h7-10,12,15-16H,3-6H2,1-2H3. The van der Waals surface area contributed by atoms with E-state index in [0.29, 0.717) is 6.04 Å². The molecule has 0 amide bonds. The van der Waals surface area contributed by atoms with Crippen LogP contribution in [0.2, 0.25) is 0 Å². The summed E-state index contributed by atoms with van der Waals surface area (Å²) in [6, 6.07) is 5.60. The molecule has 104 valence electrons. The first-order valence-electron chi connectivity index (χ1n) is 6.88. The van der Waals surface area contributed by atoms with Gasteiger partial charge in [0.1, 0.15) is 0 Å². The van der Waals surface area contributed by atoms with Crippen LogP contribution in [0.3, 0.4) is 0 Å². The quantitative estimate of drug-likeness (QED) is 0.607. The Labute approximate surface area is 113 Å². The maximum absolute atomic E-state index is 11.0. The van der Waals surface area contributed by atoms with E-state index in [1.165, 1.54) is 0 Å². The lowest BCUT2D eigenvalue weighted by atomic mass is 9.82. The summed E-state index contributed by atoms with van der Waals surface area (Å²) in [6.07, 6.45) is 3.27. The van der Waals surface area contributed by atoms with Gasteiger partial charge in [-0.15, -0.1) is 0 Å². The maximum atomic E-state index is 11.0. The minimum absolute atomic E-state index is 0.135. The molecule has 1 aliphatic carbocycles. The van der Waals surface area contributed by atoms with Crippen molar-refractivity contribution >= 4 is 17.1 Å². The normalized spacial score (nSPS) is 21.6. The summed E-state index contributed by atoms with van der Waals surface area (Å²) in [7, 11) is 0. The van der Waals surface area contributed by atoms with E-state index >= 15 is 0 Å². The first-order chi connectivity index (χ1) is 9.08. The van der Waals surface area contributed by atoms with Crippen molar-refractivity contribution in [3.8, 4) is 0 Å². The number of anilines is 2. The van der Waals surface area contributed by atoms with Gasteiger partial charge in [-0.1, -0.05) is 13.8 Å². The van der Waals surface area contributed by atoms with Gasteiger partial charge >= 0.3 is 0 Å². The third-order valence-electron chi connectivity index (χ3n) is 3.45. The SMILES string of the molecule is CCCNc1cc(NC2CC(C)C2)cc([N+](=O)[O-])c1. The third-order valence-corrected chi connectivity index (χ3v) is 3.45. The second-order valence-corrected chi connectivity index (χ2v) is 5.37. The van der Waals surface area contributed by atoms with Crippen LogP contribution in [0.25, 0.3) is 0 Å². The zero-order valence-corrected chi connectivity index (χ0v) is 11.5. The van der Waals surface area contributed by atoms with Gasteiger partial charge in [-0.2, -0.15) is 0 Å². The molecule has 1 saturated carbocycles. The van der Waals surface area contributed by atoms with E-state index in [-0.39, 0.29) is 10.6 Å². The van der Waals surface area contributed by atoms with Gasteiger partial charge in [-0.3, -0.25) is 10.1 Å². The van der Waals surface area contributed by atoms with Gasteiger partial charge in [0, 0.05) is 36.1 Å². The second kappa shape index (κ2) is 5.91. The number of nitrogens with zero attached hydrogens (tertiary/aromatic N) is 1. The average molecular weight is 263 g/mol. The highest BCUT2D eigenvalue weighted by Gasteiger charge is 2.25. The fraction of sp³-hybridized carbons (Fsp3) is 0.571. The van der Waals surface area contributed by atoms with Crippen molar-refractivity contribution in [3.63, 3.8) is 0 Å². The fourth-order valence-electron chi connectivity index (χ4n) is 2.43. The summed E-state index contributed by atoms with van der Waals surface area (Å²) in [5.74, 6) is 0.758. The smallest absolute Gasteiger partial charge is 0.273 e. The van der Waals surface area contributed by atoms with Crippen molar-refractivity contribution in [2.45, 2.75) is 39.2 Å². The molecular weight excluding hydrogens is 242 g/mol. The Morgan fingerprint density at radius 1 is 1.32 bits per heavy atom. The van der Waals surface area contributed by atoms with Crippen LogP contribution in [0.4, 0.5) is 17.1 Å². The molecule has 1 aliphatic rings. The molecule has 0 bridgehead atoms. The van der Waals surface area contributed by atoms with E-state index in [1.54, 1.807) is 12.1 Å². The van der Waals surface area contributed by atoms with Crippen LogP contribution < -0.4 is 10.6 Å². The van der Waals surface area contributed by atoms with E-state index < -0.39 is 0 Å². The summed E-state index contributed by atoms with van der Waals surface area (Å²) in [5, 5.41) is 17.5. The molecule has 0 aliphatic heterocycles. The van der Waals surface area contributed by atoms with E-state index in [2.05, 4.69) is 24.5 Å². The predicted molar refractivity (Wildman–Crippen MR) is 77.7 cm³/mol. The molecular formula is C14H21N3O2. The van der Waals surface area contributed by atoms with Gasteiger partial charge in [0.05, 0.1) is 4.92 Å². The number of nitro groups is 1. The highest BCUT2D eigenvalue weighted by atomic mass is 16.6. The first-order valence-corrected chi connectivity index (χ1v) is 6.88. The van der Waals surface area contributed by atoms with Gasteiger partial charge in [0.25, 0.3) is 5.69 Å². The Hall–Kier alpha value is -1.78. The Balaban J connectivity index is 2.11. The molecule has 0 atom stereocenters. The molecule has 1 aromatic carbocycles. The molecule has 19 heavy (non-hydrogen) atoms. The number of nitro benzene ring substituents is 1. The van der Waals surface area contributed by atoms with Crippen LogP contribution in [0, 0.1) is 16.0 Å².